The number of aryl methyl sites for hydroxylation is 1. The standard InChI is InChI=1S/C13H11FN2O3/c1-8-3-4-9(5-10(8)14)19-12-7-15-11(6-16-12)13(17)18-2/h3-7H,1-2H3. The van der Waals surface area contributed by atoms with E-state index in [0.717, 1.165) is 0 Å². The molecule has 0 bridgehead atoms. The number of halogens is 1. The first-order valence-corrected chi connectivity index (χ1v) is 5.44. The Morgan fingerprint density at radius 3 is 2.63 bits per heavy atom. The summed E-state index contributed by atoms with van der Waals surface area (Å²) in [5.74, 6) is -0.476. The van der Waals surface area contributed by atoms with E-state index in [2.05, 4.69) is 14.7 Å². The minimum Gasteiger partial charge on any atom is -0.464 e. The molecule has 0 fully saturated rings. The number of aromatic nitrogens is 2. The molecule has 19 heavy (non-hydrogen) atoms. The predicted octanol–water partition coefficient (Wildman–Crippen LogP) is 2.50. The van der Waals surface area contributed by atoms with Crippen LogP contribution in [0.25, 0.3) is 0 Å². The van der Waals surface area contributed by atoms with Gasteiger partial charge in [0.15, 0.2) is 5.69 Å². The third-order valence-corrected chi connectivity index (χ3v) is 2.39. The first kappa shape index (κ1) is 12.9. The van der Waals surface area contributed by atoms with Crippen molar-refractivity contribution in [3.05, 3.63) is 47.7 Å². The Labute approximate surface area is 109 Å². The Kier molecular flexibility index (Phi) is 3.70. The highest BCUT2D eigenvalue weighted by molar-refractivity contribution is 5.86. The molecule has 5 nitrogen and oxygen atoms in total. The molecular weight excluding hydrogens is 251 g/mol. The van der Waals surface area contributed by atoms with E-state index in [9.17, 15) is 9.18 Å². The largest absolute Gasteiger partial charge is 0.464 e. The Morgan fingerprint density at radius 1 is 1.26 bits per heavy atom. The third-order valence-electron chi connectivity index (χ3n) is 2.39. The first-order valence-electron chi connectivity index (χ1n) is 5.44. The van der Waals surface area contributed by atoms with E-state index in [0.29, 0.717) is 11.3 Å². The summed E-state index contributed by atoms with van der Waals surface area (Å²) >= 11 is 0. The highest BCUT2D eigenvalue weighted by Gasteiger charge is 2.08. The number of rotatable bonds is 3. The van der Waals surface area contributed by atoms with Gasteiger partial charge in [0.25, 0.3) is 0 Å². The smallest absolute Gasteiger partial charge is 0.358 e. The molecular formula is C13H11FN2O3. The fourth-order valence-corrected chi connectivity index (χ4v) is 1.34. The van der Waals surface area contributed by atoms with Gasteiger partial charge >= 0.3 is 5.97 Å². The van der Waals surface area contributed by atoms with Crippen LogP contribution in [-0.2, 0) is 4.74 Å². The van der Waals surface area contributed by atoms with Crippen LogP contribution in [0, 0.1) is 12.7 Å². The molecule has 0 saturated heterocycles. The Balaban J connectivity index is 2.15. The maximum Gasteiger partial charge on any atom is 0.358 e. The van der Waals surface area contributed by atoms with Crippen LogP contribution in [0.15, 0.2) is 30.6 Å². The number of hydrogen-bond acceptors (Lipinski definition) is 5. The van der Waals surface area contributed by atoms with Crippen molar-refractivity contribution in [2.75, 3.05) is 7.11 Å². The lowest BCUT2D eigenvalue weighted by molar-refractivity contribution is 0.0593. The zero-order chi connectivity index (χ0) is 13.8. The van der Waals surface area contributed by atoms with E-state index < -0.39 is 5.97 Å². The second-order valence-electron chi connectivity index (χ2n) is 3.74. The number of methoxy groups -OCH3 is 1. The van der Waals surface area contributed by atoms with Crippen LogP contribution in [0.5, 0.6) is 11.6 Å². The van der Waals surface area contributed by atoms with Crippen molar-refractivity contribution in [2.45, 2.75) is 6.92 Å². The second kappa shape index (κ2) is 5.43. The van der Waals surface area contributed by atoms with Gasteiger partial charge in [0.2, 0.25) is 5.88 Å². The van der Waals surface area contributed by atoms with Crippen LogP contribution in [0.1, 0.15) is 16.1 Å². The number of nitrogens with zero attached hydrogens (tertiary/aromatic N) is 2. The summed E-state index contributed by atoms with van der Waals surface area (Å²) in [6.45, 7) is 1.66. The van der Waals surface area contributed by atoms with E-state index in [1.165, 1.54) is 25.6 Å². The van der Waals surface area contributed by atoms with Gasteiger partial charge in [0, 0.05) is 6.07 Å². The van der Waals surface area contributed by atoms with Crippen molar-refractivity contribution in [3.63, 3.8) is 0 Å². The molecule has 0 spiro atoms. The number of carbonyl (C=O) groups excluding carboxylic acids is 1. The lowest BCUT2D eigenvalue weighted by atomic mass is 10.2. The highest BCUT2D eigenvalue weighted by atomic mass is 19.1. The molecule has 98 valence electrons. The van der Waals surface area contributed by atoms with E-state index in [1.54, 1.807) is 19.1 Å². The highest BCUT2D eigenvalue weighted by Crippen LogP contribution is 2.21. The molecule has 2 aromatic rings. The summed E-state index contributed by atoms with van der Waals surface area (Å²) in [4.78, 5) is 18.9. The zero-order valence-electron chi connectivity index (χ0n) is 10.4. The molecule has 1 aromatic heterocycles. The maximum atomic E-state index is 13.3. The van der Waals surface area contributed by atoms with Gasteiger partial charge in [-0.1, -0.05) is 6.07 Å². The maximum absolute atomic E-state index is 13.3. The first-order chi connectivity index (χ1) is 9.10. The van der Waals surface area contributed by atoms with Gasteiger partial charge in [-0.2, -0.15) is 0 Å². The van der Waals surface area contributed by atoms with Gasteiger partial charge in [-0.25, -0.2) is 19.2 Å². The molecule has 0 aliphatic heterocycles. The van der Waals surface area contributed by atoms with Gasteiger partial charge in [-0.15, -0.1) is 0 Å². The van der Waals surface area contributed by atoms with E-state index in [1.807, 2.05) is 0 Å². The SMILES string of the molecule is COC(=O)c1cnc(Oc2ccc(C)c(F)c2)cn1. The van der Waals surface area contributed by atoms with Crippen LogP contribution in [0.3, 0.4) is 0 Å². The summed E-state index contributed by atoms with van der Waals surface area (Å²) in [5, 5.41) is 0. The quantitative estimate of drug-likeness (QED) is 0.795. The second-order valence-corrected chi connectivity index (χ2v) is 3.74. The third kappa shape index (κ3) is 3.04. The molecule has 0 amide bonds. The molecule has 0 N–H and O–H groups in total. The summed E-state index contributed by atoms with van der Waals surface area (Å²) in [6.07, 6.45) is 2.50. The average Bonchev–Trinajstić information content (AvgIpc) is 2.43. The van der Waals surface area contributed by atoms with E-state index in [4.69, 9.17) is 4.74 Å². The molecule has 1 heterocycles. The molecule has 0 atom stereocenters. The van der Waals surface area contributed by atoms with Crippen LogP contribution in [0.2, 0.25) is 0 Å². The topological polar surface area (TPSA) is 61.3 Å². The number of hydrogen-bond donors (Lipinski definition) is 0. The average molecular weight is 262 g/mol. The molecule has 0 saturated carbocycles. The van der Waals surface area contributed by atoms with Crippen molar-refractivity contribution in [3.8, 4) is 11.6 Å². The molecule has 1 aromatic carbocycles. The van der Waals surface area contributed by atoms with E-state index in [-0.39, 0.29) is 17.4 Å². The molecule has 0 radical (unpaired) electrons. The predicted molar refractivity (Wildman–Crippen MR) is 64.6 cm³/mol. The molecule has 0 aliphatic rings. The minimum absolute atomic E-state index is 0.0740. The molecule has 0 unspecified atom stereocenters. The Hall–Kier alpha value is -2.50. The van der Waals surface area contributed by atoms with Crippen molar-refractivity contribution >= 4 is 5.97 Å². The van der Waals surface area contributed by atoms with E-state index >= 15 is 0 Å². The summed E-state index contributed by atoms with van der Waals surface area (Å²) in [5.41, 5.74) is 0.601. The summed E-state index contributed by atoms with van der Waals surface area (Å²) in [7, 11) is 1.25. The summed E-state index contributed by atoms with van der Waals surface area (Å²) < 4.78 is 23.1. The molecule has 0 aliphatic carbocycles. The normalized spacial score (nSPS) is 10.1. The van der Waals surface area contributed by atoms with Crippen LogP contribution < -0.4 is 4.74 Å². The zero-order valence-corrected chi connectivity index (χ0v) is 10.4. The number of benzene rings is 1. The molecule has 6 heteroatoms. The minimum atomic E-state index is -0.583. The fraction of sp³-hybridized carbons (Fsp3) is 0.154. The van der Waals surface area contributed by atoms with Crippen LogP contribution in [-0.4, -0.2) is 23.0 Å². The van der Waals surface area contributed by atoms with Gasteiger partial charge < -0.3 is 9.47 Å². The lowest BCUT2D eigenvalue weighted by Gasteiger charge is -2.05. The van der Waals surface area contributed by atoms with Gasteiger partial charge in [-0.05, 0) is 18.6 Å². The van der Waals surface area contributed by atoms with Crippen molar-refractivity contribution in [1.82, 2.24) is 9.97 Å². The van der Waals surface area contributed by atoms with Crippen molar-refractivity contribution < 1.29 is 18.7 Å². The van der Waals surface area contributed by atoms with Crippen molar-refractivity contribution in [1.29, 1.82) is 0 Å². The van der Waals surface area contributed by atoms with Gasteiger partial charge in [0.1, 0.15) is 11.6 Å². The molecule has 2 rings (SSSR count). The Morgan fingerprint density at radius 2 is 2.05 bits per heavy atom. The monoisotopic (exact) mass is 262 g/mol. The van der Waals surface area contributed by atoms with Crippen molar-refractivity contribution in [2.24, 2.45) is 0 Å². The van der Waals surface area contributed by atoms with Crippen LogP contribution >= 0.6 is 0 Å². The lowest BCUT2D eigenvalue weighted by Crippen LogP contribution is -2.04. The number of carbonyl (C=O) groups is 1. The number of ether oxygens (including phenoxy) is 2. The van der Waals surface area contributed by atoms with Crippen LogP contribution in [0.4, 0.5) is 4.39 Å². The fourth-order valence-electron chi connectivity index (χ4n) is 1.34. The number of esters is 1. The summed E-state index contributed by atoms with van der Waals surface area (Å²) in [6, 6.07) is 4.47. The van der Waals surface area contributed by atoms with Gasteiger partial charge in [0.05, 0.1) is 19.5 Å². The van der Waals surface area contributed by atoms with Gasteiger partial charge in [-0.3, -0.25) is 0 Å². The Bertz CT molecular complexity index is 599.